The predicted octanol–water partition coefficient (Wildman–Crippen LogP) is 0.866. The van der Waals surface area contributed by atoms with Crippen LogP contribution in [0.3, 0.4) is 0 Å². The molecule has 0 radical (unpaired) electrons. The third-order valence-corrected chi connectivity index (χ3v) is 6.44. The summed E-state index contributed by atoms with van der Waals surface area (Å²) >= 11 is 6.08. The molecule has 150 valence electrons. The molecule has 0 saturated carbocycles. The Morgan fingerprint density at radius 3 is 2.78 bits per heavy atom. The maximum Gasteiger partial charge on any atom is 0.255 e. The first-order chi connectivity index (χ1) is 12.8. The van der Waals surface area contributed by atoms with Crippen molar-refractivity contribution in [3.63, 3.8) is 0 Å². The van der Waals surface area contributed by atoms with Crippen molar-refractivity contribution in [2.24, 2.45) is 5.92 Å². The standard InChI is InChI=1S/C18H26ClN3O4S/c1-27(25)7-6-26-16-9-15(20)14(19)8-13(16)17(23)21-10-18(24)11-22-4-2-12(18)3-5-22/h8-9,12,24H,2-7,10-11,20H2,1H3,(H,21,23). The first kappa shape index (κ1) is 20.4. The van der Waals surface area contributed by atoms with Crippen molar-refractivity contribution < 1.29 is 18.8 Å². The van der Waals surface area contributed by atoms with Crippen LogP contribution in [0.4, 0.5) is 5.69 Å². The molecule has 3 fully saturated rings. The van der Waals surface area contributed by atoms with Gasteiger partial charge >= 0.3 is 0 Å². The summed E-state index contributed by atoms with van der Waals surface area (Å²) < 4.78 is 16.8. The second kappa shape index (κ2) is 8.34. The summed E-state index contributed by atoms with van der Waals surface area (Å²) in [4.78, 5) is 15.0. The number of anilines is 1. The van der Waals surface area contributed by atoms with Crippen LogP contribution in [0.15, 0.2) is 12.1 Å². The highest BCUT2D eigenvalue weighted by atomic mass is 35.5. The van der Waals surface area contributed by atoms with Crippen LogP contribution in [-0.2, 0) is 10.8 Å². The summed E-state index contributed by atoms with van der Waals surface area (Å²) in [5.74, 6) is 0.462. The van der Waals surface area contributed by atoms with Crippen LogP contribution in [0.2, 0.25) is 5.02 Å². The lowest BCUT2D eigenvalue weighted by molar-refractivity contribution is -0.108. The van der Waals surface area contributed by atoms with Gasteiger partial charge in [-0.25, -0.2) is 0 Å². The van der Waals surface area contributed by atoms with Crippen molar-refractivity contribution in [2.45, 2.75) is 18.4 Å². The fourth-order valence-electron chi connectivity index (χ4n) is 3.81. The van der Waals surface area contributed by atoms with Gasteiger partial charge in [0, 0.05) is 36.2 Å². The van der Waals surface area contributed by atoms with Crippen molar-refractivity contribution in [1.82, 2.24) is 10.2 Å². The summed E-state index contributed by atoms with van der Waals surface area (Å²) in [5, 5.41) is 14.0. The maximum atomic E-state index is 12.7. The molecular weight excluding hydrogens is 390 g/mol. The minimum atomic E-state index is -1.00. The zero-order valence-electron chi connectivity index (χ0n) is 15.4. The van der Waals surface area contributed by atoms with Crippen molar-refractivity contribution in [1.29, 1.82) is 0 Å². The third-order valence-electron chi connectivity index (χ3n) is 5.37. The number of nitrogens with one attached hydrogen (secondary N) is 1. The van der Waals surface area contributed by atoms with Gasteiger partial charge < -0.3 is 25.8 Å². The van der Waals surface area contributed by atoms with Gasteiger partial charge in [-0.15, -0.1) is 0 Å². The molecule has 3 aliphatic heterocycles. The van der Waals surface area contributed by atoms with E-state index in [1.54, 1.807) is 6.26 Å². The first-order valence-corrected chi connectivity index (χ1v) is 11.1. The van der Waals surface area contributed by atoms with E-state index in [0.29, 0.717) is 23.7 Å². The minimum Gasteiger partial charge on any atom is -0.492 e. The summed E-state index contributed by atoms with van der Waals surface area (Å²) in [7, 11) is -1.00. The molecule has 2 unspecified atom stereocenters. The van der Waals surface area contributed by atoms with E-state index in [-0.39, 0.29) is 35.6 Å². The molecule has 7 nitrogen and oxygen atoms in total. The van der Waals surface area contributed by atoms with Crippen LogP contribution in [0.25, 0.3) is 0 Å². The third kappa shape index (κ3) is 4.74. The molecule has 1 aromatic rings. The van der Waals surface area contributed by atoms with Crippen LogP contribution < -0.4 is 15.8 Å². The lowest BCUT2D eigenvalue weighted by Gasteiger charge is -2.50. The smallest absolute Gasteiger partial charge is 0.255 e. The van der Waals surface area contributed by atoms with Gasteiger partial charge in [0.1, 0.15) is 5.75 Å². The van der Waals surface area contributed by atoms with Gasteiger partial charge in [0.2, 0.25) is 0 Å². The van der Waals surface area contributed by atoms with E-state index >= 15 is 0 Å². The van der Waals surface area contributed by atoms with Crippen LogP contribution in [0.5, 0.6) is 5.75 Å². The summed E-state index contributed by atoms with van der Waals surface area (Å²) in [6.45, 7) is 2.96. The molecule has 4 N–H and O–H groups in total. The van der Waals surface area contributed by atoms with Gasteiger partial charge in [-0.05, 0) is 37.9 Å². The average molecular weight is 416 g/mol. The molecule has 0 aromatic heterocycles. The fourth-order valence-corrected chi connectivity index (χ4v) is 4.29. The van der Waals surface area contributed by atoms with E-state index < -0.39 is 16.4 Å². The Hall–Kier alpha value is -1.35. The van der Waals surface area contributed by atoms with E-state index in [1.165, 1.54) is 12.1 Å². The SMILES string of the molecule is CS(=O)CCOc1cc(N)c(Cl)cc1C(=O)NCC1(O)CN2CCC1CC2. The molecule has 1 amide bonds. The number of rotatable bonds is 7. The monoisotopic (exact) mass is 415 g/mol. The number of hydrogen-bond acceptors (Lipinski definition) is 6. The van der Waals surface area contributed by atoms with Gasteiger partial charge in [-0.2, -0.15) is 0 Å². The Bertz CT molecular complexity index is 740. The van der Waals surface area contributed by atoms with Gasteiger partial charge in [0.05, 0.1) is 34.2 Å². The molecule has 9 heteroatoms. The van der Waals surface area contributed by atoms with Crippen molar-refractivity contribution in [2.75, 3.05) is 50.5 Å². The number of carbonyl (C=O) groups excluding carboxylic acids is 1. The van der Waals surface area contributed by atoms with E-state index in [9.17, 15) is 14.1 Å². The van der Waals surface area contributed by atoms with Gasteiger partial charge in [0.15, 0.2) is 0 Å². The van der Waals surface area contributed by atoms with Crippen LogP contribution >= 0.6 is 11.6 Å². The lowest BCUT2D eigenvalue weighted by Crippen LogP contribution is -2.63. The molecule has 3 heterocycles. The highest BCUT2D eigenvalue weighted by molar-refractivity contribution is 7.84. The van der Waals surface area contributed by atoms with Crippen molar-refractivity contribution >= 4 is 34.0 Å². The second-order valence-electron chi connectivity index (χ2n) is 7.33. The highest BCUT2D eigenvalue weighted by Crippen LogP contribution is 2.35. The number of benzene rings is 1. The summed E-state index contributed by atoms with van der Waals surface area (Å²) in [6.07, 6.45) is 3.48. The normalized spacial score (nSPS) is 28.0. The van der Waals surface area contributed by atoms with Gasteiger partial charge in [0.25, 0.3) is 5.91 Å². The number of aliphatic hydroxyl groups is 1. The number of nitrogen functional groups attached to an aromatic ring is 1. The average Bonchev–Trinajstić information content (AvgIpc) is 2.63. The molecule has 2 bridgehead atoms. The zero-order chi connectivity index (χ0) is 19.6. The van der Waals surface area contributed by atoms with Crippen molar-refractivity contribution in [3.8, 4) is 5.75 Å². The number of fused-ring (bicyclic) bond motifs is 3. The molecule has 2 atom stereocenters. The Labute approximate surface area is 166 Å². The van der Waals surface area contributed by atoms with Gasteiger partial charge in [-0.3, -0.25) is 9.00 Å². The van der Waals surface area contributed by atoms with Crippen molar-refractivity contribution in [3.05, 3.63) is 22.7 Å². The zero-order valence-corrected chi connectivity index (χ0v) is 16.9. The van der Waals surface area contributed by atoms with Crippen LogP contribution in [0, 0.1) is 5.92 Å². The van der Waals surface area contributed by atoms with E-state index in [0.717, 1.165) is 25.9 Å². The second-order valence-corrected chi connectivity index (χ2v) is 9.29. The summed E-state index contributed by atoms with van der Waals surface area (Å²) in [6, 6.07) is 2.96. The topological polar surface area (TPSA) is 105 Å². The van der Waals surface area contributed by atoms with E-state index in [1.807, 2.05) is 0 Å². The predicted molar refractivity (Wildman–Crippen MR) is 107 cm³/mol. The quantitative estimate of drug-likeness (QED) is 0.570. The van der Waals surface area contributed by atoms with Crippen LogP contribution in [0.1, 0.15) is 23.2 Å². The number of nitrogens with two attached hydrogens (primary N) is 1. The molecule has 4 rings (SSSR count). The number of nitrogens with zero attached hydrogens (tertiary/aromatic N) is 1. The molecule has 3 saturated heterocycles. The maximum absolute atomic E-state index is 12.7. The Balaban J connectivity index is 1.69. The minimum absolute atomic E-state index is 0.174. The van der Waals surface area contributed by atoms with E-state index in [4.69, 9.17) is 22.1 Å². The Morgan fingerprint density at radius 2 is 2.19 bits per heavy atom. The number of hydrogen-bond donors (Lipinski definition) is 3. The molecule has 0 spiro atoms. The largest absolute Gasteiger partial charge is 0.492 e. The number of ether oxygens (including phenoxy) is 1. The number of carbonyl (C=O) groups is 1. The van der Waals surface area contributed by atoms with Crippen LogP contribution in [-0.4, -0.2) is 70.5 Å². The molecule has 1 aromatic carbocycles. The fraction of sp³-hybridized carbons (Fsp3) is 0.611. The number of piperidine rings is 3. The number of amides is 1. The molecule has 3 aliphatic rings. The number of halogens is 1. The lowest BCUT2D eigenvalue weighted by atomic mass is 9.75. The van der Waals surface area contributed by atoms with Gasteiger partial charge in [-0.1, -0.05) is 11.6 Å². The highest BCUT2D eigenvalue weighted by Gasteiger charge is 2.45. The first-order valence-electron chi connectivity index (χ1n) is 9.03. The molecule has 27 heavy (non-hydrogen) atoms. The Kier molecular flexibility index (Phi) is 6.30. The molecule has 0 aliphatic carbocycles. The summed E-state index contributed by atoms with van der Waals surface area (Å²) in [5.41, 5.74) is 5.47. The molecular formula is C18H26ClN3O4S. The Morgan fingerprint density at radius 1 is 1.48 bits per heavy atom. The van der Waals surface area contributed by atoms with E-state index in [2.05, 4.69) is 10.2 Å².